The van der Waals surface area contributed by atoms with E-state index in [0.29, 0.717) is 5.69 Å². The van der Waals surface area contributed by atoms with Crippen LogP contribution in [0.15, 0.2) is 42.7 Å². The van der Waals surface area contributed by atoms with Gasteiger partial charge in [-0.2, -0.15) is 0 Å². The molecule has 1 aromatic carbocycles. The van der Waals surface area contributed by atoms with Crippen molar-refractivity contribution in [1.29, 1.82) is 0 Å². The predicted molar refractivity (Wildman–Crippen MR) is 62.6 cm³/mol. The van der Waals surface area contributed by atoms with Gasteiger partial charge in [-0.1, -0.05) is 11.3 Å². The van der Waals surface area contributed by atoms with Crippen molar-refractivity contribution >= 4 is 10.9 Å². The highest BCUT2D eigenvalue weighted by molar-refractivity contribution is 5.86. The molecule has 2 aromatic heterocycles. The molecule has 84 valence electrons. The topological polar surface area (TPSA) is 63.8 Å². The molecule has 5 heteroatoms. The minimum atomic E-state index is -0.108. The van der Waals surface area contributed by atoms with Crippen LogP contribution in [0.2, 0.25) is 0 Å². The Morgan fingerprint density at radius 3 is 2.94 bits per heavy atom. The van der Waals surface area contributed by atoms with Gasteiger partial charge in [0.05, 0.1) is 24.0 Å². The van der Waals surface area contributed by atoms with Gasteiger partial charge in [0.15, 0.2) is 0 Å². The summed E-state index contributed by atoms with van der Waals surface area (Å²) in [6.45, 7) is -0.108. The van der Waals surface area contributed by atoms with Crippen molar-refractivity contribution in [1.82, 2.24) is 20.0 Å². The second-order valence-corrected chi connectivity index (χ2v) is 3.66. The normalized spacial score (nSPS) is 10.9. The smallest absolute Gasteiger partial charge is 0.109 e. The highest BCUT2D eigenvalue weighted by Gasteiger charge is 2.05. The zero-order chi connectivity index (χ0) is 11.7. The zero-order valence-corrected chi connectivity index (χ0v) is 8.98. The molecule has 0 bridgehead atoms. The molecule has 0 saturated heterocycles. The van der Waals surface area contributed by atoms with Crippen molar-refractivity contribution in [2.24, 2.45) is 0 Å². The van der Waals surface area contributed by atoms with Crippen LogP contribution in [0.4, 0.5) is 0 Å². The summed E-state index contributed by atoms with van der Waals surface area (Å²) in [6.07, 6.45) is 3.47. The molecule has 17 heavy (non-hydrogen) atoms. The van der Waals surface area contributed by atoms with Gasteiger partial charge in [-0.15, -0.1) is 5.10 Å². The maximum Gasteiger partial charge on any atom is 0.109 e. The largest absolute Gasteiger partial charge is 0.390 e. The first-order chi connectivity index (χ1) is 8.38. The minimum Gasteiger partial charge on any atom is -0.390 e. The third-order valence-corrected chi connectivity index (χ3v) is 2.57. The summed E-state index contributed by atoms with van der Waals surface area (Å²) in [7, 11) is 0. The third-order valence-electron chi connectivity index (χ3n) is 2.57. The molecule has 2 heterocycles. The Morgan fingerprint density at radius 2 is 2.12 bits per heavy atom. The summed E-state index contributed by atoms with van der Waals surface area (Å²) in [5, 5.41) is 17.8. The molecular weight excluding hydrogens is 216 g/mol. The van der Waals surface area contributed by atoms with Crippen LogP contribution in [0.25, 0.3) is 16.6 Å². The van der Waals surface area contributed by atoms with E-state index in [-0.39, 0.29) is 6.61 Å². The molecule has 0 atom stereocenters. The molecule has 0 aliphatic carbocycles. The number of rotatable bonds is 2. The van der Waals surface area contributed by atoms with Gasteiger partial charge >= 0.3 is 0 Å². The van der Waals surface area contributed by atoms with Crippen LogP contribution >= 0.6 is 0 Å². The molecule has 0 aliphatic heterocycles. The Kier molecular flexibility index (Phi) is 2.31. The monoisotopic (exact) mass is 226 g/mol. The summed E-state index contributed by atoms with van der Waals surface area (Å²) < 4.78 is 1.65. The average molecular weight is 226 g/mol. The Morgan fingerprint density at radius 1 is 1.18 bits per heavy atom. The SMILES string of the molecule is OCc1cn(-c2cccc3ncccc23)nn1. The van der Waals surface area contributed by atoms with Crippen molar-refractivity contribution < 1.29 is 5.11 Å². The average Bonchev–Trinajstić information content (AvgIpc) is 2.87. The van der Waals surface area contributed by atoms with Crippen LogP contribution in [-0.4, -0.2) is 25.1 Å². The third kappa shape index (κ3) is 1.66. The molecule has 0 amide bonds. The van der Waals surface area contributed by atoms with Crippen LogP contribution in [-0.2, 0) is 6.61 Å². The Bertz CT molecular complexity index is 657. The van der Waals surface area contributed by atoms with Gasteiger partial charge in [-0.05, 0) is 24.3 Å². The van der Waals surface area contributed by atoms with Crippen molar-refractivity contribution in [3.8, 4) is 5.69 Å². The maximum absolute atomic E-state index is 8.98. The van der Waals surface area contributed by atoms with Gasteiger partial charge in [0, 0.05) is 11.6 Å². The zero-order valence-electron chi connectivity index (χ0n) is 8.98. The van der Waals surface area contributed by atoms with E-state index in [4.69, 9.17) is 5.11 Å². The number of benzene rings is 1. The van der Waals surface area contributed by atoms with E-state index in [1.54, 1.807) is 17.1 Å². The molecule has 0 fully saturated rings. The van der Waals surface area contributed by atoms with Crippen molar-refractivity contribution in [2.75, 3.05) is 0 Å². The molecule has 1 N–H and O–H groups in total. The number of aliphatic hydroxyl groups excluding tert-OH is 1. The fourth-order valence-corrected chi connectivity index (χ4v) is 1.78. The van der Waals surface area contributed by atoms with Gasteiger partial charge in [-0.3, -0.25) is 4.98 Å². The highest BCUT2D eigenvalue weighted by Crippen LogP contribution is 2.19. The fourth-order valence-electron chi connectivity index (χ4n) is 1.78. The first-order valence-electron chi connectivity index (χ1n) is 5.25. The van der Waals surface area contributed by atoms with E-state index in [0.717, 1.165) is 16.6 Å². The van der Waals surface area contributed by atoms with Gasteiger partial charge in [0.25, 0.3) is 0 Å². The molecule has 0 unspecified atom stereocenters. The van der Waals surface area contributed by atoms with Gasteiger partial charge in [-0.25, -0.2) is 4.68 Å². The summed E-state index contributed by atoms with van der Waals surface area (Å²) in [5.41, 5.74) is 2.36. The lowest BCUT2D eigenvalue weighted by Crippen LogP contribution is -1.96. The number of aromatic nitrogens is 4. The predicted octanol–water partition coefficient (Wildman–Crippen LogP) is 1.31. The van der Waals surface area contributed by atoms with E-state index in [9.17, 15) is 0 Å². The van der Waals surface area contributed by atoms with Crippen LogP contribution in [0.5, 0.6) is 0 Å². The Hall–Kier alpha value is -2.27. The summed E-state index contributed by atoms with van der Waals surface area (Å²) in [4.78, 5) is 4.28. The Balaban J connectivity index is 2.23. The molecule has 0 radical (unpaired) electrons. The van der Waals surface area contributed by atoms with Crippen molar-refractivity contribution in [2.45, 2.75) is 6.61 Å². The molecule has 0 spiro atoms. The van der Waals surface area contributed by atoms with Gasteiger partial charge in [0.2, 0.25) is 0 Å². The quantitative estimate of drug-likeness (QED) is 0.715. The van der Waals surface area contributed by atoms with E-state index in [1.165, 1.54) is 0 Å². The number of fused-ring (bicyclic) bond motifs is 1. The highest BCUT2D eigenvalue weighted by atomic mass is 16.3. The second-order valence-electron chi connectivity index (χ2n) is 3.66. The van der Waals surface area contributed by atoms with E-state index >= 15 is 0 Å². The molecule has 3 aromatic rings. The van der Waals surface area contributed by atoms with E-state index in [1.807, 2.05) is 30.3 Å². The fraction of sp³-hybridized carbons (Fsp3) is 0.0833. The first-order valence-corrected chi connectivity index (χ1v) is 5.25. The van der Waals surface area contributed by atoms with Crippen molar-refractivity contribution in [3.05, 3.63) is 48.4 Å². The van der Waals surface area contributed by atoms with Crippen LogP contribution in [0.3, 0.4) is 0 Å². The number of hydrogen-bond acceptors (Lipinski definition) is 4. The first kappa shape index (κ1) is 9.92. The standard InChI is InChI=1S/C12H10N4O/c17-8-9-7-16(15-14-9)12-5-1-4-11-10(12)3-2-6-13-11/h1-7,17H,8H2. The molecule has 5 nitrogen and oxygen atoms in total. The molecule has 3 rings (SSSR count). The second kappa shape index (κ2) is 3.95. The lowest BCUT2D eigenvalue weighted by molar-refractivity contribution is 0.276. The van der Waals surface area contributed by atoms with Gasteiger partial charge < -0.3 is 5.11 Å². The van der Waals surface area contributed by atoms with Gasteiger partial charge in [0.1, 0.15) is 5.69 Å². The number of pyridine rings is 1. The van der Waals surface area contributed by atoms with Crippen LogP contribution in [0.1, 0.15) is 5.69 Å². The minimum absolute atomic E-state index is 0.108. The number of hydrogen-bond donors (Lipinski definition) is 1. The lowest BCUT2D eigenvalue weighted by atomic mass is 10.2. The Labute approximate surface area is 97.3 Å². The maximum atomic E-state index is 8.98. The lowest BCUT2D eigenvalue weighted by Gasteiger charge is -2.04. The van der Waals surface area contributed by atoms with Crippen molar-refractivity contribution in [3.63, 3.8) is 0 Å². The summed E-state index contributed by atoms with van der Waals surface area (Å²) in [5.74, 6) is 0. The number of nitrogens with zero attached hydrogens (tertiary/aromatic N) is 4. The molecule has 0 aliphatic rings. The summed E-state index contributed by atoms with van der Waals surface area (Å²) >= 11 is 0. The van der Waals surface area contributed by atoms with E-state index < -0.39 is 0 Å². The number of aliphatic hydroxyl groups is 1. The van der Waals surface area contributed by atoms with E-state index in [2.05, 4.69) is 15.3 Å². The van der Waals surface area contributed by atoms with Crippen LogP contribution in [0, 0.1) is 0 Å². The summed E-state index contributed by atoms with van der Waals surface area (Å²) in [6, 6.07) is 9.68. The molecule has 0 saturated carbocycles. The molecular formula is C12H10N4O. The van der Waals surface area contributed by atoms with Crippen LogP contribution < -0.4 is 0 Å².